The maximum absolute atomic E-state index is 13.5. The highest BCUT2D eigenvalue weighted by molar-refractivity contribution is 7.89. The maximum atomic E-state index is 13.5. The predicted octanol–water partition coefficient (Wildman–Crippen LogP) is 1.69. The van der Waals surface area contributed by atoms with Gasteiger partial charge >= 0.3 is 0 Å². The van der Waals surface area contributed by atoms with Crippen LogP contribution in [0.15, 0.2) is 12.1 Å². The number of fused-ring (bicyclic) bond motifs is 5. The van der Waals surface area contributed by atoms with Crippen molar-refractivity contribution in [3.8, 4) is 11.5 Å². The molecule has 4 aliphatic rings. The van der Waals surface area contributed by atoms with Crippen LogP contribution in [0, 0.1) is 5.92 Å². The minimum atomic E-state index is -3.58. The van der Waals surface area contributed by atoms with Gasteiger partial charge in [0.2, 0.25) is 16.8 Å². The quantitative estimate of drug-likeness (QED) is 0.473. The van der Waals surface area contributed by atoms with Crippen molar-refractivity contribution >= 4 is 20.2 Å². The molecule has 10 nitrogen and oxygen atoms in total. The first-order valence-electron chi connectivity index (χ1n) is 13.1. The molecule has 0 amide bonds. The first-order chi connectivity index (χ1) is 17.2. The molecule has 0 aromatic heterocycles. The number of benzene rings is 1. The van der Waals surface area contributed by atoms with Crippen molar-refractivity contribution < 1.29 is 26.3 Å². The fourth-order valence-corrected chi connectivity index (χ4v) is 9.45. The summed E-state index contributed by atoms with van der Waals surface area (Å²) in [6, 6.07) is 4.32. The first kappa shape index (κ1) is 26.2. The molecule has 1 aromatic rings. The Morgan fingerprint density at radius 1 is 1.08 bits per heavy atom. The van der Waals surface area contributed by atoms with E-state index < -0.39 is 20.2 Å². The van der Waals surface area contributed by atoms with E-state index >= 15 is 0 Å². The van der Waals surface area contributed by atoms with E-state index in [1.54, 1.807) is 18.2 Å². The third-order valence-electron chi connectivity index (χ3n) is 8.17. The second kappa shape index (κ2) is 10.4. The molecule has 0 aliphatic carbocycles. The SMILES string of the molecule is CCN(CC)S(=O)(=O)NCCCS(=O)(=O)N1CCC[C@H]2CN3CCc4cc5c(cc4[C@@H]3C[C@H]21)OCO5. The van der Waals surface area contributed by atoms with Crippen molar-refractivity contribution in [2.45, 2.75) is 58.0 Å². The summed E-state index contributed by atoms with van der Waals surface area (Å²) >= 11 is 0. The van der Waals surface area contributed by atoms with Crippen molar-refractivity contribution in [1.82, 2.24) is 18.2 Å². The summed E-state index contributed by atoms with van der Waals surface area (Å²) in [5, 5.41) is 0. The van der Waals surface area contributed by atoms with Crippen LogP contribution in [0.2, 0.25) is 0 Å². The van der Waals surface area contributed by atoms with Crippen LogP contribution in [0.1, 0.15) is 56.7 Å². The van der Waals surface area contributed by atoms with Gasteiger partial charge in [0, 0.05) is 51.4 Å². The van der Waals surface area contributed by atoms with E-state index in [-0.39, 0.29) is 37.6 Å². The second-order valence-electron chi connectivity index (χ2n) is 10.1. The zero-order valence-corrected chi connectivity index (χ0v) is 22.8. The highest BCUT2D eigenvalue weighted by Gasteiger charge is 2.46. The molecule has 5 rings (SSSR count). The number of nitrogens with zero attached hydrogens (tertiary/aromatic N) is 3. The van der Waals surface area contributed by atoms with Crippen LogP contribution in [0.4, 0.5) is 0 Å². The minimum absolute atomic E-state index is 0.0336. The lowest BCUT2D eigenvalue weighted by Gasteiger charge is -2.51. The summed E-state index contributed by atoms with van der Waals surface area (Å²) in [4.78, 5) is 2.52. The highest BCUT2D eigenvalue weighted by Crippen LogP contribution is 2.46. The molecule has 1 N–H and O–H groups in total. The number of piperidine rings is 2. The average Bonchev–Trinajstić information content (AvgIpc) is 3.32. The van der Waals surface area contributed by atoms with Crippen LogP contribution < -0.4 is 14.2 Å². The summed E-state index contributed by atoms with van der Waals surface area (Å²) in [6.45, 7) is 7.09. The monoisotopic (exact) mass is 542 g/mol. The topological polar surface area (TPSA) is 108 Å². The molecule has 0 saturated carbocycles. The van der Waals surface area contributed by atoms with Crippen molar-refractivity contribution in [2.75, 3.05) is 51.8 Å². The summed E-state index contributed by atoms with van der Waals surface area (Å²) < 4.78 is 68.4. The molecule has 3 atom stereocenters. The predicted molar refractivity (Wildman–Crippen MR) is 137 cm³/mol. The van der Waals surface area contributed by atoms with Gasteiger partial charge in [-0.05, 0) is 61.3 Å². The molecule has 0 unspecified atom stereocenters. The molecule has 4 aliphatic heterocycles. The van der Waals surface area contributed by atoms with Crippen molar-refractivity contribution in [3.05, 3.63) is 23.3 Å². The Labute approximate surface area is 215 Å². The number of sulfonamides is 1. The summed E-state index contributed by atoms with van der Waals surface area (Å²) in [7, 11) is -7.09. The standard InChI is InChI=1S/C24H38N4O6S2/c1-3-27(4-2)36(31,32)25-9-6-12-35(29,30)28-10-5-7-19-16-26-11-8-18-13-23-24(34-17-33-23)14-20(18)22(26)15-21(19)28/h13-14,19,21-22,25H,3-12,15-17H2,1-2H3/t19-,21+,22-/m0/s1. The lowest BCUT2D eigenvalue weighted by Crippen LogP contribution is -2.57. The van der Waals surface area contributed by atoms with Crippen LogP contribution in [0.25, 0.3) is 0 Å². The fraction of sp³-hybridized carbons (Fsp3) is 0.750. The van der Waals surface area contributed by atoms with Gasteiger partial charge in [-0.3, -0.25) is 4.90 Å². The van der Waals surface area contributed by atoms with E-state index in [1.165, 1.54) is 15.4 Å². The maximum Gasteiger partial charge on any atom is 0.279 e. The number of rotatable bonds is 9. The van der Waals surface area contributed by atoms with Gasteiger partial charge in [-0.1, -0.05) is 13.8 Å². The molecule has 0 radical (unpaired) electrons. The molecule has 2 saturated heterocycles. The lowest BCUT2D eigenvalue weighted by atomic mass is 9.77. The molecule has 0 bridgehead atoms. The van der Waals surface area contributed by atoms with E-state index in [0.717, 1.165) is 50.3 Å². The molecule has 2 fully saturated rings. The van der Waals surface area contributed by atoms with E-state index in [4.69, 9.17) is 9.47 Å². The molecule has 0 spiro atoms. The van der Waals surface area contributed by atoms with Crippen LogP contribution in [0.5, 0.6) is 11.5 Å². The zero-order chi connectivity index (χ0) is 25.5. The van der Waals surface area contributed by atoms with Crippen molar-refractivity contribution in [2.24, 2.45) is 5.92 Å². The second-order valence-corrected chi connectivity index (χ2v) is 13.9. The normalized spacial score (nSPS) is 26.5. The van der Waals surface area contributed by atoms with Crippen LogP contribution in [0.3, 0.4) is 0 Å². The molecule has 202 valence electrons. The Balaban J connectivity index is 1.27. The average molecular weight is 543 g/mol. The first-order valence-corrected chi connectivity index (χ1v) is 16.2. The number of hydrogen-bond acceptors (Lipinski definition) is 7. The minimum Gasteiger partial charge on any atom is -0.454 e. The summed E-state index contributed by atoms with van der Waals surface area (Å²) in [6.07, 6.45) is 3.88. The Kier molecular flexibility index (Phi) is 7.54. The zero-order valence-electron chi connectivity index (χ0n) is 21.2. The smallest absolute Gasteiger partial charge is 0.279 e. The van der Waals surface area contributed by atoms with Crippen LogP contribution >= 0.6 is 0 Å². The lowest BCUT2D eigenvalue weighted by molar-refractivity contribution is 0.0219. The number of nitrogens with one attached hydrogen (secondary N) is 1. The molecule has 36 heavy (non-hydrogen) atoms. The van der Waals surface area contributed by atoms with E-state index in [1.807, 2.05) is 0 Å². The largest absolute Gasteiger partial charge is 0.454 e. The molecule has 12 heteroatoms. The third-order valence-corrected chi connectivity index (χ3v) is 11.9. The number of ether oxygens (including phenoxy) is 2. The Bertz CT molecular complexity index is 1170. The van der Waals surface area contributed by atoms with Crippen LogP contribution in [-0.4, -0.2) is 88.2 Å². The van der Waals surface area contributed by atoms with E-state index in [2.05, 4.69) is 21.8 Å². The van der Waals surface area contributed by atoms with Crippen LogP contribution in [-0.2, 0) is 26.7 Å². The van der Waals surface area contributed by atoms with Gasteiger partial charge in [0.15, 0.2) is 11.5 Å². The number of hydrogen-bond donors (Lipinski definition) is 1. The van der Waals surface area contributed by atoms with Crippen molar-refractivity contribution in [1.29, 1.82) is 0 Å². The fourth-order valence-electron chi connectivity index (χ4n) is 6.37. The van der Waals surface area contributed by atoms with Gasteiger partial charge in [0.1, 0.15) is 0 Å². The van der Waals surface area contributed by atoms with Gasteiger partial charge in [-0.25, -0.2) is 13.1 Å². The highest BCUT2D eigenvalue weighted by atomic mass is 32.2. The van der Waals surface area contributed by atoms with E-state index in [0.29, 0.717) is 25.6 Å². The van der Waals surface area contributed by atoms with Gasteiger partial charge < -0.3 is 9.47 Å². The summed E-state index contributed by atoms with van der Waals surface area (Å²) in [5.74, 6) is 1.84. The Morgan fingerprint density at radius 2 is 1.83 bits per heavy atom. The van der Waals surface area contributed by atoms with Gasteiger partial charge in [0.25, 0.3) is 10.2 Å². The van der Waals surface area contributed by atoms with Gasteiger partial charge in [-0.15, -0.1) is 0 Å². The Morgan fingerprint density at radius 3 is 2.58 bits per heavy atom. The molecular formula is C24H38N4O6S2. The summed E-state index contributed by atoms with van der Waals surface area (Å²) in [5.41, 5.74) is 2.50. The van der Waals surface area contributed by atoms with Gasteiger partial charge in [0.05, 0.1) is 5.75 Å². The molecule has 4 heterocycles. The van der Waals surface area contributed by atoms with Crippen molar-refractivity contribution in [3.63, 3.8) is 0 Å². The van der Waals surface area contributed by atoms with E-state index in [9.17, 15) is 16.8 Å². The third kappa shape index (κ3) is 5.00. The molecule has 1 aromatic carbocycles. The Hall–Kier alpha value is -1.44. The van der Waals surface area contributed by atoms with Gasteiger partial charge in [-0.2, -0.15) is 17.0 Å². The molecular weight excluding hydrogens is 504 g/mol.